The van der Waals surface area contributed by atoms with Gasteiger partial charge < -0.3 is 14.5 Å². The second-order valence-electron chi connectivity index (χ2n) is 11.5. The zero-order valence-corrected chi connectivity index (χ0v) is 22.6. The Bertz CT molecular complexity index is 1140. The lowest BCUT2D eigenvalue weighted by Crippen LogP contribution is -2.53. The number of benzene rings is 1. The second-order valence-corrected chi connectivity index (χ2v) is 11.5. The van der Waals surface area contributed by atoms with Gasteiger partial charge in [0.25, 0.3) is 0 Å². The first-order valence-electron chi connectivity index (χ1n) is 14.2. The largest absolute Gasteiger partial charge is 0.463 e. The molecule has 39 heavy (non-hydrogen) atoms. The molecule has 1 aliphatic carbocycles. The number of halogens is 4. The molecule has 2 aliphatic heterocycles. The van der Waals surface area contributed by atoms with E-state index >= 15 is 4.39 Å². The number of hydrogen-bond acceptors (Lipinski definition) is 5. The van der Waals surface area contributed by atoms with E-state index in [9.17, 15) is 13.2 Å². The van der Waals surface area contributed by atoms with Gasteiger partial charge in [-0.05, 0) is 81.6 Å². The number of hydrogen-bond donors (Lipinski definition) is 0. The minimum absolute atomic E-state index is 0.113. The molecule has 3 fully saturated rings. The number of alkyl halides is 3. The highest BCUT2D eigenvalue weighted by Gasteiger charge is 2.58. The summed E-state index contributed by atoms with van der Waals surface area (Å²) < 4.78 is 61.4. The Morgan fingerprint density at radius 3 is 2.36 bits per heavy atom. The van der Waals surface area contributed by atoms with Crippen molar-refractivity contribution in [2.24, 2.45) is 11.3 Å². The molecule has 0 N–H and O–H groups in total. The van der Waals surface area contributed by atoms with E-state index in [0.29, 0.717) is 48.8 Å². The minimum atomic E-state index is -4.12. The Morgan fingerprint density at radius 2 is 1.77 bits per heavy atom. The van der Waals surface area contributed by atoms with Crippen molar-refractivity contribution in [2.45, 2.75) is 70.5 Å². The fourth-order valence-electron chi connectivity index (χ4n) is 6.31. The Labute approximate surface area is 228 Å². The molecular formula is C30H38F4N4O. The molecule has 0 radical (unpaired) electrons. The van der Waals surface area contributed by atoms with Crippen LogP contribution in [0.4, 0.5) is 17.6 Å². The van der Waals surface area contributed by atoms with Gasteiger partial charge in [0.15, 0.2) is 0 Å². The average Bonchev–Trinajstić information content (AvgIpc) is 3.38. The summed E-state index contributed by atoms with van der Waals surface area (Å²) in [6.45, 7) is 9.07. The van der Waals surface area contributed by atoms with Crippen LogP contribution in [0.5, 0.6) is 6.01 Å². The fraction of sp³-hybridized carbons (Fsp3) is 0.600. The van der Waals surface area contributed by atoms with E-state index in [0.717, 1.165) is 44.3 Å². The SMILES string of the molecule is C=C(c1ccc(-c2cnc(OCC3CCN(CC4(C(F)(F)F)CCC4)CC3)nc2)cc1F)N1CCCC1CC. The first-order chi connectivity index (χ1) is 18.7. The van der Waals surface area contributed by atoms with Crippen molar-refractivity contribution in [3.63, 3.8) is 0 Å². The lowest BCUT2D eigenvalue weighted by molar-refractivity contribution is -0.256. The zero-order chi connectivity index (χ0) is 27.6. The van der Waals surface area contributed by atoms with Crippen molar-refractivity contribution in [1.29, 1.82) is 0 Å². The van der Waals surface area contributed by atoms with E-state index in [4.69, 9.17) is 4.74 Å². The van der Waals surface area contributed by atoms with Crippen molar-refractivity contribution < 1.29 is 22.3 Å². The van der Waals surface area contributed by atoms with Crippen LogP contribution in [-0.2, 0) is 0 Å². The number of piperidine rings is 1. The highest BCUT2D eigenvalue weighted by molar-refractivity contribution is 5.69. The molecule has 3 heterocycles. The standard InChI is InChI=1S/C30H38F4N4O/c1-3-25-6-4-13-38(25)21(2)26-8-7-23(16-27(26)31)24-17-35-28(36-18-24)39-19-22-9-14-37(15-10-22)20-29(11-5-12-29)30(32,33)34/h7-8,16-18,22,25H,2-6,9-15,19-20H2,1H3. The molecule has 1 saturated carbocycles. The molecular weight excluding hydrogens is 508 g/mol. The van der Waals surface area contributed by atoms with Gasteiger partial charge in [-0.25, -0.2) is 14.4 Å². The molecule has 212 valence electrons. The van der Waals surface area contributed by atoms with Crippen LogP contribution < -0.4 is 4.74 Å². The molecule has 1 aromatic heterocycles. The Hall–Kier alpha value is -2.68. The molecule has 1 unspecified atom stereocenters. The van der Waals surface area contributed by atoms with Crippen molar-refractivity contribution >= 4 is 5.70 Å². The predicted octanol–water partition coefficient (Wildman–Crippen LogP) is 6.95. The van der Waals surface area contributed by atoms with Crippen molar-refractivity contribution in [2.75, 3.05) is 32.8 Å². The van der Waals surface area contributed by atoms with Crippen LogP contribution in [0.1, 0.15) is 63.9 Å². The third kappa shape index (κ3) is 5.93. The van der Waals surface area contributed by atoms with Gasteiger partial charge >= 0.3 is 12.2 Å². The number of rotatable bonds is 9. The summed E-state index contributed by atoms with van der Waals surface area (Å²) in [6, 6.07) is 5.80. The zero-order valence-electron chi connectivity index (χ0n) is 22.6. The molecule has 3 aliphatic rings. The third-order valence-corrected chi connectivity index (χ3v) is 9.03. The smallest absolute Gasteiger partial charge is 0.395 e. The normalized spacial score (nSPS) is 22.1. The van der Waals surface area contributed by atoms with Crippen LogP contribution in [0.2, 0.25) is 0 Å². The topological polar surface area (TPSA) is 41.5 Å². The Balaban J connectivity index is 1.11. The molecule has 0 bridgehead atoms. The number of nitrogens with zero attached hydrogens (tertiary/aromatic N) is 4. The summed E-state index contributed by atoms with van der Waals surface area (Å²) in [7, 11) is 0. The van der Waals surface area contributed by atoms with Crippen molar-refractivity contribution in [3.8, 4) is 17.1 Å². The molecule has 0 amide bonds. The van der Waals surface area contributed by atoms with Gasteiger partial charge in [0.2, 0.25) is 0 Å². The summed E-state index contributed by atoms with van der Waals surface area (Å²) in [6.07, 6.45) is 5.10. The van der Waals surface area contributed by atoms with Crippen LogP contribution in [0.25, 0.3) is 16.8 Å². The second kappa shape index (κ2) is 11.4. The van der Waals surface area contributed by atoms with Gasteiger partial charge in [-0.2, -0.15) is 13.2 Å². The number of likely N-dealkylation sites (tertiary alicyclic amines) is 2. The highest BCUT2D eigenvalue weighted by atomic mass is 19.4. The summed E-state index contributed by atoms with van der Waals surface area (Å²) in [5.41, 5.74) is 1.12. The fourth-order valence-corrected chi connectivity index (χ4v) is 6.31. The monoisotopic (exact) mass is 546 g/mol. The van der Waals surface area contributed by atoms with E-state index < -0.39 is 11.6 Å². The van der Waals surface area contributed by atoms with Crippen molar-refractivity contribution in [3.05, 3.63) is 48.6 Å². The molecule has 0 spiro atoms. The lowest BCUT2D eigenvalue weighted by atomic mass is 9.67. The van der Waals surface area contributed by atoms with Gasteiger partial charge in [0.05, 0.1) is 12.0 Å². The van der Waals surface area contributed by atoms with Gasteiger partial charge in [-0.15, -0.1) is 0 Å². The van der Waals surface area contributed by atoms with Gasteiger partial charge in [-0.1, -0.05) is 26.0 Å². The summed E-state index contributed by atoms with van der Waals surface area (Å²) in [5, 5.41) is 0. The molecule has 5 nitrogen and oxygen atoms in total. The molecule has 5 rings (SSSR count). The summed E-state index contributed by atoms with van der Waals surface area (Å²) in [5.74, 6) is -0.0604. The summed E-state index contributed by atoms with van der Waals surface area (Å²) >= 11 is 0. The molecule has 2 aromatic rings. The average molecular weight is 547 g/mol. The van der Waals surface area contributed by atoms with E-state index in [1.54, 1.807) is 18.5 Å². The third-order valence-electron chi connectivity index (χ3n) is 9.03. The van der Waals surface area contributed by atoms with E-state index in [2.05, 4.69) is 28.4 Å². The maximum Gasteiger partial charge on any atom is 0.395 e. The Kier molecular flexibility index (Phi) is 8.17. The van der Waals surface area contributed by atoms with Gasteiger partial charge in [0, 0.05) is 48.3 Å². The molecule has 1 aromatic carbocycles. The van der Waals surface area contributed by atoms with Crippen LogP contribution >= 0.6 is 0 Å². The van der Waals surface area contributed by atoms with E-state index in [1.165, 1.54) is 6.07 Å². The maximum atomic E-state index is 15.1. The van der Waals surface area contributed by atoms with Crippen LogP contribution in [0.3, 0.4) is 0 Å². The van der Waals surface area contributed by atoms with Crippen LogP contribution in [0, 0.1) is 17.2 Å². The first kappa shape index (κ1) is 27.9. The summed E-state index contributed by atoms with van der Waals surface area (Å²) in [4.78, 5) is 12.8. The molecule has 9 heteroatoms. The molecule has 2 saturated heterocycles. The maximum absolute atomic E-state index is 15.1. The molecule has 1 atom stereocenters. The van der Waals surface area contributed by atoms with E-state index in [-0.39, 0.29) is 37.1 Å². The lowest BCUT2D eigenvalue weighted by Gasteiger charge is -2.47. The van der Waals surface area contributed by atoms with E-state index in [1.807, 2.05) is 11.0 Å². The van der Waals surface area contributed by atoms with Crippen LogP contribution in [0.15, 0.2) is 37.2 Å². The van der Waals surface area contributed by atoms with Crippen LogP contribution in [-0.4, -0.2) is 64.8 Å². The first-order valence-corrected chi connectivity index (χ1v) is 14.2. The van der Waals surface area contributed by atoms with Gasteiger partial charge in [-0.3, -0.25) is 0 Å². The number of ether oxygens (including phenoxy) is 1. The Morgan fingerprint density at radius 1 is 1.05 bits per heavy atom. The predicted molar refractivity (Wildman–Crippen MR) is 143 cm³/mol. The quantitative estimate of drug-likeness (QED) is 0.319. The van der Waals surface area contributed by atoms with Crippen molar-refractivity contribution in [1.82, 2.24) is 19.8 Å². The highest BCUT2D eigenvalue weighted by Crippen LogP contribution is 2.53. The minimum Gasteiger partial charge on any atom is -0.463 e. The van der Waals surface area contributed by atoms with Gasteiger partial charge in [0.1, 0.15) is 5.82 Å². The number of aromatic nitrogens is 2.